The van der Waals surface area contributed by atoms with Gasteiger partial charge >= 0.3 is 0 Å². The first-order chi connectivity index (χ1) is 7.17. The largest absolute Gasteiger partial charge is 0.495 e. The van der Waals surface area contributed by atoms with Crippen LogP contribution < -0.4 is 10.1 Å². The molecular weight excluding hydrogens is 254 g/mol. The summed E-state index contributed by atoms with van der Waals surface area (Å²) in [5.41, 5.74) is 1.11. The van der Waals surface area contributed by atoms with E-state index in [4.69, 9.17) is 4.74 Å². The van der Waals surface area contributed by atoms with E-state index < -0.39 is 0 Å². The van der Waals surface area contributed by atoms with Crippen molar-refractivity contribution in [2.45, 2.75) is 32.7 Å². The van der Waals surface area contributed by atoms with Gasteiger partial charge in [-0.15, -0.1) is 0 Å². The number of methoxy groups -OCH3 is 1. The van der Waals surface area contributed by atoms with E-state index in [-0.39, 0.29) is 0 Å². The summed E-state index contributed by atoms with van der Waals surface area (Å²) in [7, 11) is 1.68. The van der Waals surface area contributed by atoms with Crippen molar-refractivity contribution in [2.75, 3.05) is 12.4 Å². The van der Waals surface area contributed by atoms with E-state index in [1.54, 1.807) is 7.11 Å². The Bertz CT molecular complexity index is 314. The normalized spacial score (nSPS) is 12.3. The highest BCUT2D eigenvalue weighted by Gasteiger charge is 2.04. The topological polar surface area (TPSA) is 21.3 Å². The lowest BCUT2D eigenvalue weighted by atomic mass is 10.2. The zero-order valence-corrected chi connectivity index (χ0v) is 11.1. The fourth-order valence-electron chi connectivity index (χ4n) is 1.54. The molecule has 1 aromatic carbocycles. The van der Waals surface area contributed by atoms with E-state index in [0.717, 1.165) is 15.9 Å². The van der Waals surface area contributed by atoms with Gasteiger partial charge in [0.25, 0.3) is 0 Å². The third-order valence-corrected chi connectivity index (χ3v) is 2.94. The molecule has 2 nitrogen and oxygen atoms in total. The van der Waals surface area contributed by atoms with Crippen LogP contribution in [-0.4, -0.2) is 13.2 Å². The van der Waals surface area contributed by atoms with Crippen LogP contribution in [0.3, 0.4) is 0 Å². The highest BCUT2D eigenvalue weighted by molar-refractivity contribution is 9.10. The van der Waals surface area contributed by atoms with Gasteiger partial charge in [-0.25, -0.2) is 0 Å². The Hall–Kier alpha value is -0.700. The summed E-state index contributed by atoms with van der Waals surface area (Å²) in [4.78, 5) is 0. The molecule has 0 bridgehead atoms. The lowest BCUT2D eigenvalue weighted by Gasteiger charge is -2.15. The molecule has 0 fully saturated rings. The van der Waals surface area contributed by atoms with Gasteiger partial charge in [0, 0.05) is 17.8 Å². The number of halogens is 1. The van der Waals surface area contributed by atoms with Crippen LogP contribution in [0.2, 0.25) is 0 Å². The number of anilines is 1. The second-order valence-corrected chi connectivity index (χ2v) is 4.54. The van der Waals surface area contributed by atoms with Crippen LogP contribution >= 0.6 is 15.9 Å². The van der Waals surface area contributed by atoms with E-state index in [2.05, 4.69) is 41.2 Å². The first-order valence-corrected chi connectivity index (χ1v) is 6.06. The molecular formula is C12H18BrNO. The maximum atomic E-state index is 5.24. The lowest BCUT2D eigenvalue weighted by Crippen LogP contribution is -2.14. The van der Waals surface area contributed by atoms with Gasteiger partial charge in [0.2, 0.25) is 0 Å². The minimum absolute atomic E-state index is 0.501. The molecule has 0 radical (unpaired) electrons. The zero-order chi connectivity index (χ0) is 11.3. The number of ether oxygens (including phenoxy) is 1. The summed E-state index contributed by atoms with van der Waals surface area (Å²) in [6.45, 7) is 4.39. The number of benzene rings is 1. The second kappa shape index (κ2) is 6.01. The van der Waals surface area contributed by atoms with E-state index >= 15 is 0 Å². The monoisotopic (exact) mass is 271 g/mol. The number of nitrogens with one attached hydrogen (secondary N) is 1. The van der Waals surface area contributed by atoms with Crippen molar-refractivity contribution in [3.63, 3.8) is 0 Å². The summed E-state index contributed by atoms with van der Waals surface area (Å²) in [6.07, 6.45) is 2.38. The van der Waals surface area contributed by atoms with Crippen molar-refractivity contribution in [3.8, 4) is 5.75 Å². The van der Waals surface area contributed by atoms with E-state index in [0.29, 0.717) is 6.04 Å². The minimum atomic E-state index is 0.501. The molecule has 0 unspecified atom stereocenters. The predicted octanol–water partition coefficient (Wildman–Crippen LogP) is 4.06. The molecule has 1 atom stereocenters. The third kappa shape index (κ3) is 3.74. The van der Waals surface area contributed by atoms with Crippen LogP contribution in [0.1, 0.15) is 26.7 Å². The molecule has 1 rings (SSSR count). The van der Waals surface area contributed by atoms with Crippen molar-refractivity contribution in [1.29, 1.82) is 0 Å². The molecule has 3 heteroatoms. The van der Waals surface area contributed by atoms with Gasteiger partial charge in [0.05, 0.1) is 11.6 Å². The fraction of sp³-hybridized carbons (Fsp3) is 0.500. The molecule has 1 N–H and O–H groups in total. The van der Waals surface area contributed by atoms with Crippen LogP contribution in [0.4, 0.5) is 5.69 Å². The van der Waals surface area contributed by atoms with Crippen molar-refractivity contribution in [2.24, 2.45) is 0 Å². The Morgan fingerprint density at radius 3 is 2.80 bits per heavy atom. The highest BCUT2D eigenvalue weighted by Crippen LogP contribution is 2.28. The van der Waals surface area contributed by atoms with Gasteiger partial charge in [0.1, 0.15) is 5.75 Å². The molecule has 0 spiro atoms. The van der Waals surface area contributed by atoms with E-state index in [1.165, 1.54) is 12.8 Å². The van der Waals surface area contributed by atoms with Crippen molar-refractivity contribution < 1.29 is 4.74 Å². The van der Waals surface area contributed by atoms with Gasteiger partial charge in [-0.1, -0.05) is 13.3 Å². The molecule has 0 aromatic heterocycles. The molecule has 0 saturated heterocycles. The highest BCUT2D eigenvalue weighted by atomic mass is 79.9. The maximum absolute atomic E-state index is 5.24. The van der Waals surface area contributed by atoms with Gasteiger partial charge in [0.15, 0.2) is 0 Å². The Kier molecular flexibility index (Phi) is 4.95. The second-order valence-electron chi connectivity index (χ2n) is 3.68. The zero-order valence-electron chi connectivity index (χ0n) is 9.51. The molecule has 15 heavy (non-hydrogen) atoms. The SMILES string of the molecule is CCC[C@H](C)Nc1ccc(Br)c(OC)c1. The lowest BCUT2D eigenvalue weighted by molar-refractivity contribution is 0.412. The number of hydrogen-bond acceptors (Lipinski definition) is 2. The molecule has 0 aliphatic rings. The Labute approximate surface area is 100 Å². The molecule has 0 amide bonds. The van der Waals surface area contributed by atoms with Gasteiger partial charge in [-0.2, -0.15) is 0 Å². The minimum Gasteiger partial charge on any atom is -0.495 e. The van der Waals surface area contributed by atoms with Crippen LogP contribution in [0.5, 0.6) is 5.75 Å². The summed E-state index contributed by atoms with van der Waals surface area (Å²) in [5.74, 6) is 0.865. The summed E-state index contributed by atoms with van der Waals surface area (Å²) < 4.78 is 6.23. The van der Waals surface area contributed by atoms with Gasteiger partial charge < -0.3 is 10.1 Å². The summed E-state index contributed by atoms with van der Waals surface area (Å²) in [5, 5.41) is 3.44. The van der Waals surface area contributed by atoms with Crippen molar-refractivity contribution in [3.05, 3.63) is 22.7 Å². The van der Waals surface area contributed by atoms with Crippen LogP contribution in [0.15, 0.2) is 22.7 Å². The smallest absolute Gasteiger partial charge is 0.135 e. The maximum Gasteiger partial charge on any atom is 0.135 e. The van der Waals surface area contributed by atoms with Crippen LogP contribution in [-0.2, 0) is 0 Å². The van der Waals surface area contributed by atoms with Crippen molar-refractivity contribution in [1.82, 2.24) is 0 Å². The Balaban J connectivity index is 2.69. The van der Waals surface area contributed by atoms with Crippen LogP contribution in [0.25, 0.3) is 0 Å². The molecule has 0 aliphatic carbocycles. The molecule has 0 saturated carbocycles. The van der Waals surface area contributed by atoms with Crippen molar-refractivity contribution >= 4 is 21.6 Å². The first kappa shape index (κ1) is 12.4. The standard InChI is InChI=1S/C12H18BrNO/c1-4-5-9(2)14-10-6-7-11(13)12(8-10)15-3/h6-9,14H,4-5H2,1-3H3/t9-/m0/s1. The summed E-state index contributed by atoms with van der Waals surface area (Å²) >= 11 is 3.43. The average molecular weight is 272 g/mol. The molecule has 1 aromatic rings. The van der Waals surface area contributed by atoms with E-state index in [1.807, 2.05) is 12.1 Å². The first-order valence-electron chi connectivity index (χ1n) is 5.27. The molecule has 84 valence electrons. The Morgan fingerprint density at radius 1 is 1.47 bits per heavy atom. The molecule has 0 aliphatic heterocycles. The average Bonchev–Trinajstić information content (AvgIpc) is 2.21. The van der Waals surface area contributed by atoms with E-state index in [9.17, 15) is 0 Å². The third-order valence-electron chi connectivity index (χ3n) is 2.29. The van der Waals surface area contributed by atoms with Gasteiger partial charge in [-0.05, 0) is 41.4 Å². The molecule has 0 heterocycles. The predicted molar refractivity (Wildman–Crippen MR) is 68.7 cm³/mol. The van der Waals surface area contributed by atoms with Crippen LogP contribution in [0, 0.1) is 0 Å². The summed E-state index contributed by atoms with van der Waals surface area (Å²) in [6, 6.07) is 6.57. The Morgan fingerprint density at radius 2 is 2.20 bits per heavy atom. The number of hydrogen-bond donors (Lipinski definition) is 1. The quantitative estimate of drug-likeness (QED) is 0.872. The fourth-order valence-corrected chi connectivity index (χ4v) is 1.95. The van der Waals surface area contributed by atoms with Gasteiger partial charge in [-0.3, -0.25) is 0 Å². The number of rotatable bonds is 5.